The van der Waals surface area contributed by atoms with E-state index in [1.807, 2.05) is 12.1 Å². The predicted molar refractivity (Wildman–Crippen MR) is 52.8 cm³/mol. The largest absolute Gasteiger partial charge is 0.399 e. The minimum Gasteiger partial charge on any atom is -0.399 e. The summed E-state index contributed by atoms with van der Waals surface area (Å²) in [7, 11) is 0. The van der Waals surface area contributed by atoms with Crippen molar-refractivity contribution in [3.8, 4) is 0 Å². The van der Waals surface area contributed by atoms with Crippen molar-refractivity contribution in [2.24, 2.45) is 5.92 Å². The van der Waals surface area contributed by atoms with E-state index in [1.54, 1.807) is 0 Å². The Bertz CT molecular complexity index is 326. The van der Waals surface area contributed by atoms with Gasteiger partial charge in [0, 0.05) is 5.69 Å². The van der Waals surface area contributed by atoms with Crippen LogP contribution in [0.3, 0.4) is 0 Å². The highest BCUT2D eigenvalue weighted by atomic mass is 14.5. The second-order valence-electron chi connectivity index (χ2n) is 3.50. The first-order valence-electron chi connectivity index (χ1n) is 4.32. The van der Waals surface area contributed by atoms with Gasteiger partial charge in [0.25, 0.3) is 0 Å². The summed E-state index contributed by atoms with van der Waals surface area (Å²) in [6.45, 7) is 2.23. The van der Waals surface area contributed by atoms with E-state index in [1.165, 1.54) is 11.1 Å². The third-order valence-corrected chi connectivity index (χ3v) is 2.32. The van der Waals surface area contributed by atoms with Crippen molar-refractivity contribution >= 4 is 11.8 Å². The number of allylic oxidation sites excluding steroid dienone is 1. The second-order valence-corrected chi connectivity index (χ2v) is 3.50. The van der Waals surface area contributed by atoms with Gasteiger partial charge < -0.3 is 5.73 Å². The lowest BCUT2D eigenvalue weighted by atomic mass is 9.91. The van der Waals surface area contributed by atoms with Crippen LogP contribution < -0.4 is 5.73 Å². The zero-order chi connectivity index (χ0) is 8.55. The monoisotopic (exact) mass is 159 g/mol. The molecule has 12 heavy (non-hydrogen) atoms. The van der Waals surface area contributed by atoms with E-state index in [2.05, 4.69) is 25.1 Å². The van der Waals surface area contributed by atoms with Gasteiger partial charge in [-0.15, -0.1) is 0 Å². The fourth-order valence-corrected chi connectivity index (χ4v) is 1.64. The molecule has 0 bridgehead atoms. The van der Waals surface area contributed by atoms with Crippen LogP contribution in [0.1, 0.15) is 18.1 Å². The highest BCUT2D eigenvalue weighted by Crippen LogP contribution is 2.24. The van der Waals surface area contributed by atoms with Gasteiger partial charge in [0.05, 0.1) is 0 Å². The Labute approximate surface area is 72.9 Å². The number of hydrogen-bond donors (Lipinski definition) is 1. The summed E-state index contributed by atoms with van der Waals surface area (Å²) in [5.41, 5.74) is 9.24. The topological polar surface area (TPSA) is 26.0 Å². The maximum absolute atomic E-state index is 5.68. The molecule has 2 rings (SSSR count). The Hall–Kier alpha value is -1.24. The van der Waals surface area contributed by atoms with Crippen LogP contribution in [-0.2, 0) is 6.42 Å². The normalized spacial score (nSPS) is 20.6. The Morgan fingerprint density at radius 2 is 2.25 bits per heavy atom. The third kappa shape index (κ3) is 1.22. The molecule has 1 aliphatic carbocycles. The molecule has 62 valence electrons. The molecular formula is C11H13N. The van der Waals surface area contributed by atoms with E-state index in [-0.39, 0.29) is 0 Å². The van der Waals surface area contributed by atoms with Crippen molar-refractivity contribution in [1.82, 2.24) is 0 Å². The third-order valence-electron chi connectivity index (χ3n) is 2.32. The number of benzene rings is 1. The lowest BCUT2D eigenvalue weighted by molar-refractivity contribution is 0.717. The fraction of sp³-hybridized carbons (Fsp3) is 0.273. The highest BCUT2D eigenvalue weighted by Gasteiger charge is 2.08. The molecule has 0 fully saturated rings. The van der Waals surface area contributed by atoms with Crippen LogP contribution in [0, 0.1) is 5.92 Å². The van der Waals surface area contributed by atoms with Crippen molar-refractivity contribution in [3.63, 3.8) is 0 Å². The zero-order valence-corrected chi connectivity index (χ0v) is 7.25. The van der Waals surface area contributed by atoms with Gasteiger partial charge in [0.15, 0.2) is 0 Å². The molecule has 1 aromatic rings. The average Bonchev–Trinajstić information content (AvgIpc) is 2.05. The molecule has 0 saturated carbocycles. The number of fused-ring (bicyclic) bond motifs is 1. The van der Waals surface area contributed by atoms with Crippen LogP contribution in [0.4, 0.5) is 5.69 Å². The lowest BCUT2D eigenvalue weighted by Gasteiger charge is -2.15. The molecule has 1 aromatic carbocycles. The molecule has 2 N–H and O–H groups in total. The summed E-state index contributed by atoms with van der Waals surface area (Å²) >= 11 is 0. The van der Waals surface area contributed by atoms with E-state index < -0.39 is 0 Å². The van der Waals surface area contributed by atoms with Crippen LogP contribution in [-0.4, -0.2) is 0 Å². The van der Waals surface area contributed by atoms with E-state index in [9.17, 15) is 0 Å². The van der Waals surface area contributed by atoms with Gasteiger partial charge in [-0.1, -0.05) is 25.1 Å². The number of anilines is 1. The molecule has 1 nitrogen and oxygen atoms in total. The first-order chi connectivity index (χ1) is 5.75. The van der Waals surface area contributed by atoms with Crippen LogP contribution >= 0.6 is 0 Å². The summed E-state index contributed by atoms with van der Waals surface area (Å²) in [5.74, 6) is 0.668. The van der Waals surface area contributed by atoms with Crippen LogP contribution in [0.25, 0.3) is 6.08 Å². The van der Waals surface area contributed by atoms with E-state index in [0.29, 0.717) is 5.92 Å². The average molecular weight is 159 g/mol. The summed E-state index contributed by atoms with van der Waals surface area (Å²) in [6, 6.07) is 6.15. The van der Waals surface area contributed by atoms with E-state index in [0.717, 1.165) is 12.1 Å². The molecule has 1 aliphatic rings. The molecule has 1 unspecified atom stereocenters. The van der Waals surface area contributed by atoms with Crippen molar-refractivity contribution < 1.29 is 0 Å². The molecule has 0 aliphatic heterocycles. The van der Waals surface area contributed by atoms with Crippen molar-refractivity contribution in [2.75, 3.05) is 5.73 Å². The molecule has 0 aromatic heterocycles. The zero-order valence-electron chi connectivity index (χ0n) is 7.25. The summed E-state index contributed by atoms with van der Waals surface area (Å²) in [6.07, 6.45) is 5.55. The van der Waals surface area contributed by atoms with Gasteiger partial charge >= 0.3 is 0 Å². The van der Waals surface area contributed by atoms with Gasteiger partial charge in [-0.3, -0.25) is 0 Å². The first-order valence-corrected chi connectivity index (χ1v) is 4.32. The number of nitrogen functional groups attached to an aromatic ring is 1. The molecule has 0 heterocycles. The van der Waals surface area contributed by atoms with Crippen molar-refractivity contribution in [1.29, 1.82) is 0 Å². The molecule has 0 amide bonds. The molecule has 0 radical (unpaired) electrons. The fourth-order valence-electron chi connectivity index (χ4n) is 1.64. The predicted octanol–water partition coefficient (Wildman–Crippen LogP) is 2.47. The minimum absolute atomic E-state index is 0.668. The number of hydrogen-bond acceptors (Lipinski definition) is 1. The quantitative estimate of drug-likeness (QED) is 0.578. The first kappa shape index (κ1) is 7.41. The van der Waals surface area contributed by atoms with Crippen LogP contribution in [0.2, 0.25) is 0 Å². The van der Waals surface area contributed by atoms with Crippen LogP contribution in [0.15, 0.2) is 24.3 Å². The van der Waals surface area contributed by atoms with Crippen LogP contribution in [0.5, 0.6) is 0 Å². The smallest absolute Gasteiger partial charge is 0.0320 e. The second kappa shape index (κ2) is 2.67. The SMILES string of the molecule is CC1C=Cc2cc(N)ccc2C1. The number of nitrogens with two attached hydrogens (primary N) is 1. The van der Waals surface area contributed by atoms with Gasteiger partial charge in [-0.05, 0) is 35.6 Å². The summed E-state index contributed by atoms with van der Waals surface area (Å²) in [4.78, 5) is 0. The molecule has 1 atom stereocenters. The maximum Gasteiger partial charge on any atom is 0.0320 e. The Morgan fingerprint density at radius 3 is 3.08 bits per heavy atom. The lowest BCUT2D eigenvalue weighted by Crippen LogP contribution is -2.03. The number of rotatable bonds is 0. The Kier molecular flexibility index (Phi) is 1.65. The van der Waals surface area contributed by atoms with Gasteiger partial charge in [0.2, 0.25) is 0 Å². The Balaban J connectivity index is 2.47. The summed E-state index contributed by atoms with van der Waals surface area (Å²) < 4.78 is 0. The van der Waals surface area contributed by atoms with Gasteiger partial charge in [-0.2, -0.15) is 0 Å². The molecule has 1 heteroatoms. The highest BCUT2D eigenvalue weighted by molar-refractivity contribution is 5.61. The van der Waals surface area contributed by atoms with Gasteiger partial charge in [0.1, 0.15) is 0 Å². The summed E-state index contributed by atoms with van der Waals surface area (Å²) in [5, 5.41) is 0. The van der Waals surface area contributed by atoms with E-state index >= 15 is 0 Å². The van der Waals surface area contributed by atoms with Crippen molar-refractivity contribution in [3.05, 3.63) is 35.4 Å². The van der Waals surface area contributed by atoms with Crippen molar-refractivity contribution in [2.45, 2.75) is 13.3 Å². The minimum atomic E-state index is 0.668. The Morgan fingerprint density at radius 1 is 1.42 bits per heavy atom. The van der Waals surface area contributed by atoms with E-state index in [4.69, 9.17) is 5.73 Å². The maximum atomic E-state index is 5.68. The molecular weight excluding hydrogens is 146 g/mol. The van der Waals surface area contributed by atoms with Gasteiger partial charge in [-0.25, -0.2) is 0 Å². The standard InChI is InChI=1S/C11H13N/c1-8-2-3-10-7-11(12)5-4-9(10)6-8/h2-5,7-8H,6,12H2,1H3. The molecule has 0 saturated heterocycles. The molecule has 0 spiro atoms.